The molecule has 0 heterocycles. The van der Waals surface area contributed by atoms with E-state index in [1.54, 1.807) is 31.0 Å². The van der Waals surface area contributed by atoms with Crippen LogP contribution in [0.2, 0.25) is 0 Å². The summed E-state index contributed by atoms with van der Waals surface area (Å²) in [7, 11) is 1.61. The number of thioether (sulfide) groups is 1. The summed E-state index contributed by atoms with van der Waals surface area (Å²) in [5.74, 6) is 1.39. The summed E-state index contributed by atoms with van der Waals surface area (Å²) >= 11 is 5.04. The molecule has 0 aliphatic carbocycles. The maximum absolute atomic E-state index is 12.0. The molecule has 17 heavy (non-hydrogen) atoms. The molecule has 2 nitrogen and oxygen atoms in total. The van der Waals surface area contributed by atoms with Crippen LogP contribution in [0.4, 0.5) is 0 Å². The van der Waals surface area contributed by atoms with Crippen molar-refractivity contribution in [1.82, 2.24) is 0 Å². The Morgan fingerprint density at radius 2 is 2.06 bits per heavy atom. The Balaban J connectivity index is 2.73. The predicted octanol–water partition coefficient (Wildman–Crippen LogP) is 4.17. The molecule has 0 saturated carbocycles. The summed E-state index contributed by atoms with van der Waals surface area (Å²) in [6.45, 7) is 6.32. The lowest BCUT2D eigenvalue weighted by Gasteiger charge is -2.16. The molecule has 0 radical (unpaired) electrons. The first-order valence-electron chi connectivity index (χ1n) is 5.34. The van der Waals surface area contributed by atoms with Gasteiger partial charge >= 0.3 is 0 Å². The highest BCUT2D eigenvalue weighted by atomic mass is 79.9. The average molecular weight is 317 g/mol. The van der Waals surface area contributed by atoms with Gasteiger partial charge in [0.15, 0.2) is 5.78 Å². The van der Waals surface area contributed by atoms with Crippen LogP contribution in [0, 0.1) is 0 Å². The van der Waals surface area contributed by atoms with Crippen molar-refractivity contribution in [3.8, 4) is 5.75 Å². The molecule has 0 spiro atoms. The molecule has 4 heteroatoms. The Bertz CT molecular complexity index is 410. The quantitative estimate of drug-likeness (QED) is 0.780. The van der Waals surface area contributed by atoms with Gasteiger partial charge in [0.05, 0.1) is 17.3 Å². The van der Waals surface area contributed by atoms with Crippen LogP contribution in [0.1, 0.15) is 31.1 Å². The van der Waals surface area contributed by atoms with Crippen molar-refractivity contribution in [1.29, 1.82) is 0 Å². The summed E-state index contributed by atoms with van der Waals surface area (Å²) in [5, 5.41) is 0. The van der Waals surface area contributed by atoms with Gasteiger partial charge in [-0.15, -0.1) is 11.8 Å². The molecule has 1 rings (SSSR count). The lowest BCUT2D eigenvalue weighted by Crippen LogP contribution is -2.13. The van der Waals surface area contributed by atoms with Crippen LogP contribution in [0.5, 0.6) is 5.75 Å². The Kier molecular flexibility index (Phi) is 5.07. The van der Waals surface area contributed by atoms with E-state index in [4.69, 9.17) is 4.74 Å². The van der Waals surface area contributed by atoms with E-state index < -0.39 is 0 Å². The minimum absolute atomic E-state index is 0.110. The van der Waals surface area contributed by atoms with Gasteiger partial charge < -0.3 is 4.74 Å². The predicted molar refractivity (Wildman–Crippen MR) is 77.2 cm³/mol. The number of ketones is 1. The number of methoxy groups -OCH3 is 1. The van der Waals surface area contributed by atoms with Crippen molar-refractivity contribution in [2.75, 3.05) is 12.9 Å². The maximum atomic E-state index is 12.0. The van der Waals surface area contributed by atoms with Crippen LogP contribution in [-0.2, 0) is 0 Å². The monoisotopic (exact) mass is 316 g/mol. The summed E-state index contributed by atoms with van der Waals surface area (Å²) in [6, 6.07) is 5.42. The molecule has 0 saturated heterocycles. The summed E-state index contributed by atoms with van der Waals surface area (Å²) in [5.41, 5.74) is 0.717. The molecule has 0 fully saturated rings. The third-order valence-corrected chi connectivity index (χ3v) is 4.00. The third-order valence-electron chi connectivity index (χ3n) is 2.11. The molecular formula is C13H17BrO2S. The van der Waals surface area contributed by atoms with E-state index in [1.807, 2.05) is 6.07 Å². The molecule has 0 aliphatic rings. The molecule has 0 N–H and O–H groups in total. The fourth-order valence-electron chi connectivity index (χ4n) is 1.21. The Morgan fingerprint density at radius 1 is 1.41 bits per heavy atom. The first kappa shape index (κ1) is 14.6. The summed E-state index contributed by atoms with van der Waals surface area (Å²) < 4.78 is 6.05. The minimum Gasteiger partial charge on any atom is -0.496 e. The first-order valence-corrected chi connectivity index (χ1v) is 7.12. The van der Waals surface area contributed by atoms with Gasteiger partial charge in [0.2, 0.25) is 0 Å². The van der Waals surface area contributed by atoms with Gasteiger partial charge in [0.25, 0.3) is 0 Å². The number of hydrogen-bond donors (Lipinski definition) is 0. The van der Waals surface area contributed by atoms with Crippen LogP contribution < -0.4 is 4.74 Å². The van der Waals surface area contributed by atoms with Crippen molar-refractivity contribution in [3.05, 3.63) is 28.2 Å². The number of carbonyl (C=O) groups is 1. The number of benzene rings is 1. The SMILES string of the molecule is COc1ccc(C(=O)CSC(C)(C)C)cc1Br. The number of halogens is 1. The van der Waals surface area contributed by atoms with Gasteiger partial charge in [-0.1, -0.05) is 20.8 Å². The third kappa shape index (κ3) is 4.72. The summed E-state index contributed by atoms with van der Waals surface area (Å²) in [4.78, 5) is 12.0. The zero-order chi connectivity index (χ0) is 13.1. The summed E-state index contributed by atoms with van der Waals surface area (Å²) in [6.07, 6.45) is 0. The van der Waals surface area contributed by atoms with Crippen LogP contribution in [0.3, 0.4) is 0 Å². The Labute approximate surface area is 115 Å². The molecule has 1 aromatic carbocycles. The van der Waals surface area contributed by atoms with E-state index in [2.05, 4.69) is 36.7 Å². The van der Waals surface area contributed by atoms with Crippen molar-refractivity contribution >= 4 is 33.5 Å². The second-order valence-corrected chi connectivity index (χ2v) is 7.33. The van der Waals surface area contributed by atoms with Gasteiger partial charge in [0.1, 0.15) is 5.75 Å². The topological polar surface area (TPSA) is 26.3 Å². The normalized spacial score (nSPS) is 11.4. The van der Waals surface area contributed by atoms with Crippen LogP contribution >= 0.6 is 27.7 Å². The van der Waals surface area contributed by atoms with Gasteiger partial charge in [-0.2, -0.15) is 0 Å². The fourth-order valence-corrected chi connectivity index (χ4v) is 2.48. The number of carbonyl (C=O) groups excluding carboxylic acids is 1. The van der Waals surface area contributed by atoms with Crippen molar-refractivity contribution in [2.45, 2.75) is 25.5 Å². The molecule has 0 aromatic heterocycles. The molecule has 0 unspecified atom stereocenters. The average Bonchev–Trinajstić information content (AvgIpc) is 2.24. The highest BCUT2D eigenvalue weighted by molar-refractivity contribution is 9.10. The first-order chi connectivity index (χ1) is 7.83. The van der Waals surface area contributed by atoms with Gasteiger partial charge in [-0.3, -0.25) is 4.79 Å². The highest BCUT2D eigenvalue weighted by Gasteiger charge is 2.15. The Hall–Kier alpha value is -0.480. The smallest absolute Gasteiger partial charge is 0.172 e. The fraction of sp³-hybridized carbons (Fsp3) is 0.462. The van der Waals surface area contributed by atoms with Gasteiger partial charge in [0, 0.05) is 10.3 Å². The Morgan fingerprint density at radius 3 is 2.53 bits per heavy atom. The van der Waals surface area contributed by atoms with E-state index >= 15 is 0 Å². The van der Waals surface area contributed by atoms with Gasteiger partial charge in [-0.05, 0) is 34.1 Å². The molecule has 0 atom stereocenters. The number of rotatable bonds is 4. The molecule has 0 bridgehead atoms. The zero-order valence-corrected chi connectivity index (χ0v) is 12.9. The van der Waals surface area contributed by atoms with Crippen LogP contribution in [-0.4, -0.2) is 23.4 Å². The van der Waals surface area contributed by atoms with E-state index in [-0.39, 0.29) is 10.5 Å². The molecule has 1 aromatic rings. The highest BCUT2D eigenvalue weighted by Crippen LogP contribution is 2.28. The standard InChI is InChI=1S/C13H17BrO2S/c1-13(2,3)17-8-11(15)9-5-6-12(16-4)10(14)7-9/h5-7H,8H2,1-4H3. The van der Waals surface area contributed by atoms with E-state index in [0.717, 1.165) is 15.8 Å². The van der Waals surface area contributed by atoms with E-state index in [0.29, 0.717) is 5.75 Å². The van der Waals surface area contributed by atoms with Gasteiger partial charge in [-0.25, -0.2) is 0 Å². The molecule has 0 aliphatic heterocycles. The second-order valence-electron chi connectivity index (χ2n) is 4.67. The minimum atomic E-state index is 0.110. The molecule has 94 valence electrons. The zero-order valence-electron chi connectivity index (χ0n) is 10.5. The largest absolute Gasteiger partial charge is 0.496 e. The van der Waals surface area contributed by atoms with E-state index in [9.17, 15) is 4.79 Å². The second kappa shape index (κ2) is 5.91. The van der Waals surface area contributed by atoms with Crippen LogP contribution in [0.15, 0.2) is 22.7 Å². The van der Waals surface area contributed by atoms with Crippen molar-refractivity contribution in [3.63, 3.8) is 0 Å². The van der Waals surface area contributed by atoms with Crippen molar-refractivity contribution in [2.24, 2.45) is 0 Å². The maximum Gasteiger partial charge on any atom is 0.172 e. The number of ether oxygens (including phenoxy) is 1. The van der Waals surface area contributed by atoms with Crippen molar-refractivity contribution < 1.29 is 9.53 Å². The van der Waals surface area contributed by atoms with Crippen LogP contribution in [0.25, 0.3) is 0 Å². The number of Topliss-reactive ketones (excluding diaryl/α,β-unsaturated/α-hetero) is 1. The lowest BCUT2D eigenvalue weighted by atomic mass is 10.1. The molecular weight excluding hydrogens is 300 g/mol. The lowest BCUT2D eigenvalue weighted by molar-refractivity contribution is 0.102. The number of hydrogen-bond acceptors (Lipinski definition) is 3. The molecule has 0 amide bonds. The van der Waals surface area contributed by atoms with E-state index in [1.165, 1.54) is 0 Å².